The number of nitrogens with zero attached hydrogens (tertiary/aromatic N) is 3. The molecule has 0 radical (unpaired) electrons. The zero-order chi connectivity index (χ0) is 19.6. The summed E-state index contributed by atoms with van der Waals surface area (Å²) in [5.74, 6) is -0.236. The predicted octanol–water partition coefficient (Wildman–Crippen LogP) is 3.23. The van der Waals surface area contributed by atoms with Gasteiger partial charge in [-0.05, 0) is 37.5 Å². The number of thiophene rings is 1. The predicted molar refractivity (Wildman–Crippen MR) is 105 cm³/mol. The number of hydrogen-bond acceptors (Lipinski definition) is 7. The monoisotopic (exact) mass is 418 g/mol. The number of likely N-dealkylation sites (tertiary alicyclic amines) is 1. The Morgan fingerprint density at radius 2 is 1.86 bits per heavy atom. The van der Waals surface area contributed by atoms with Gasteiger partial charge in [-0.3, -0.25) is 9.52 Å². The summed E-state index contributed by atoms with van der Waals surface area (Å²) < 4.78 is 33.2. The van der Waals surface area contributed by atoms with Gasteiger partial charge in [0.15, 0.2) is 0 Å². The van der Waals surface area contributed by atoms with Crippen molar-refractivity contribution < 1.29 is 17.6 Å². The van der Waals surface area contributed by atoms with Gasteiger partial charge in [0.1, 0.15) is 4.21 Å². The highest BCUT2D eigenvalue weighted by Crippen LogP contribution is 2.29. The Balaban J connectivity index is 1.51. The van der Waals surface area contributed by atoms with E-state index in [1.807, 2.05) is 0 Å². The largest absolute Gasteiger partial charge is 0.412 e. The molecule has 28 heavy (non-hydrogen) atoms. The lowest BCUT2D eigenvalue weighted by molar-refractivity contribution is 0.0684. The van der Waals surface area contributed by atoms with Gasteiger partial charge in [-0.2, -0.15) is 0 Å². The first kappa shape index (κ1) is 18.6. The number of carbonyl (C=O) groups excluding carboxylic acids is 1. The Hall–Kier alpha value is -2.72. The maximum atomic E-state index is 12.5. The van der Waals surface area contributed by atoms with Crippen LogP contribution < -0.4 is 4.72 Å². The van der Waals surface area contributed by atoms with Crippen LogP contribution in [0.25, 0.3) is 11.5 Å². The molecular weight excluding hydrogens is 400 g/mol. The van der Waals surface area contributed by atoms with Crippen LogP contribution in [0.4, 0.5) is 5.69 Å². The summed E-state index contributed by atoms with van der Waals surface area (Å²) in [6, 6.07) is 10.1. The van der Waals surface area contributed by atoms with Crippen LogP contribution in [-0.4, -0.2) is 42.5 Å². The van der Waals surface area contributed by atoms with Crippen molar-refractivity contribution in [2.75, 3.05) is 17.8 Å². The van der Waals surface area contributed by atoms with Gasteiger partial charge in [0, 0.05) is 24.2 Å². The van der Waals surface area contributed by atoms with Gasteiger partial charge in [-0.25, -0.2) is 8.42 Å². The number of aromatic nitrogens is 2. The van der Waals surface area contributed by atoms with Crippen molar-refractivity contribution in [3.63, 3.8) is 0 Å². The van der Waals surface area contributed by atoms with Crippen molar-refractivity contribution in [3.8, 4) is 11.5 Å². The number of nitrogens with one attached hydrogen (secondary N) is 1. The molecule has 3 aromatic rings. The van der Waals surface area contributed by atoms with E-state index in [2.05, 4.69) is 14.9 Å². The minimum atomic E-state index is -3.72. The zero-order valence-corrected chi connectivity index (χ0v) is 16.5. The highest BCUT2D eigenvalue weighted by molar-refractivity contribution is 7.94. The number of rotatable bonds is 5. The average Bonchev–Trinajstić information content (AvgIpc) is 3.38. The van der Waals surface area contributed by atoms with E-state index < -0.39 is 10.0 Å². The van der Waals surface area contributed by atoms with Crippen LogP contribution in [0.3, 0.4) is 0 Å². The van der Waals surface area contributed by atoms with Crippen LogP contribution in [0.5, 0.6) is 0 Å². The summed E-state index contributed by atoms with van der Waals surface area (Å²) in [4.78, 5) is 14.1. The molecule has 0 saturated carbocycles. The molecule has 1 amide bonds. The number of anilines is 1. The fraction of sp³-hybridized carbons (Fsp3) is 0.278. The van der Waals surface area contributed by atoms with Crippen LogP contribution in [0, 0.1) is 0 Å². The number of piperidine rings is 1. The molecule has 0 unspecified atom stereocenters. The molecule has 146 valence electrons. The quantitative estimate of drug-likeness (QED) is 0.682. The molecule has 3 heterocycles. The second kappa shape index (κ2) is 7.72. The minimum absolute atomic E-state index is 0.0742. The SMILES string of the molecule is O=C(c1nnc(-c2csc(S(=O)(=O)Nc3ccccc3)c2)o1)N1CCCCC1. The van der Waals surface area contributed by atoms with Crippen molar-refractivity contribution in [3.05, 3.63) is 47.7 Å². The van der Waals surface area contributed by atoms with Gasteiger partial charge < -0.3 is 9.32 Å². The Morgan fingerprint density at radius 3 is 2.61 bits per heavy atom. The molecule has 0 spiro atoms. The lowest BCUT2D eigenvalue weighted by Crippen LogP contribution is -2.35. The van der Waals surface area contributed by atoms with E-state index in [1.165, 1.54) is 6.07 Å². The molecule has 0 atom stereocenters. The molecule has 0 aliphatic carbocycles. The van der Waals surface area contributed by atoms with E-state index in [-0.39, 0.29) is 21.9 Å². The van der Waals surface area contributed by atoms with Gasteiger partial charge >= 0.3 is 11.8 Å². The number of carbonyl (C=O) groups is 1. The molecule has 1 aliphatic heterocycles. The maximum absolute atomic E-state index is 12.5. The lowest BCUT2D eigenvalue weighted by Gasteiger charge is -2.24. The van der Waals surface area contributed by atoms with Gasteiger partial charge in [0.05, 0.1) is 5.56 Å². The Kier molecular flexibility index (Phi) is 5.14. The Bertz CT molecular complexity index is 1070. The van der Waals surface area contributed by atoms with Crippen LogP contribution >= 0.6 is 11.3 Å². The van der Waals surface area contributed by atoms with Gasteiger partial charge in [-0.15, -0.1) is 21.5 Å². The number of hydrogen-bond donors (Lipinski definition) is 1. The van der Waals surface area contributed by atoms with E-state index in [1.54, 1.807) is 40.6 Å². The van der Waals surface area contributed by atoms with Crippen molar-refractivity contribution in [2.24, 2.45) is 0 Å². The lowest BCUT2D eigenvalue weighted by atomic mass is 10.1. The molecule has 1 fully saturated rings. The first-order chi connectivity index (χ1) is 13.5. The molecule has 10 heteroatoms. The van der Waals surface area contributed by atoms with Crippen LogP contribution in [0.15, 0.2) is 50.4 Å². The van der Waals surface area contributed by atoms with E-state index in [0.29, 0.717) is 24.3 Å². The highest BCUT2D eigenvalue weighted by Gasteiger charge is 2.25. The van der Waals surface area contributed by atoms with Crippen molar-refractivity contribution in [2.45, 2.75) is 23.5 Å². The molecule has 1 aromatic carbocycles. The zero-order valence-electron chi connectivity index (χ0n) is 14.9. The third kappa shape index (κ3) is 3.92. The van der Waals surface area contributed by atoms with Crippen molar-refractivity contribution >= 4 is 33.0 Å². The summed E-state index contributed by atoms with van der Waals surface area (Å²) in [5, 5.41) is 9.36. The number of amides is 1. The average molecular weight is 419 g/mol. The van der Waals surface area contributed by atoms with Crippen molar-refractivity contribution in [1.29, 1.82) is 0 Å². The molecule has 1 N–H and O–H groups in total. The number of sulfonamides is 1. The molecule has 1 aliphatic rings. The first-order valence-electron chi connectivity index (χ1n) is 8.82. The molecule has 2 aromatic heterocycles. The number of benzene rings is 1. The fourth-order valence-corrected chi connectivity index (χ4v) is 5.15. The normalized spacial score (nSPS) is 14.8. The van der Waals surface area contributed by atoms with E-state index in [4.69, 9.17) is 4.42 Å². The second-order valence-electron chi connectivity index (χ2n) is 6.39. The summed E-state index contributed by atoms with van der Waals surface area (Å²) in [6.45, 7) is 1.37. The van der Waals surface area contributed by atoms with E-state index in [0.717, 1.165) is 30.6 Å². The third-order valence-electron chi connectivity index (χ3n) is 4.36. The van der Waals surface area contributed by atoms with Crippen LogP contribution in [-0.2, 0) is 10.0 Å². The second-order valence-corrected chi connectivity index (χ2v) is 9.21. The molecule has 8 nitrogen and oxygen atoms in total. The molecule has 0 bridgehead atoms. The van der Waals surface area contributed by atoms with Crippen LogP contribution in [0.2, 0.25) is 0 Å². The van der Waals surface area contributed by atoms with E-state index >= 15 is 0 Å². The topological polar surface area (TPSA) is 105 Å². The smallest absolute Gasteiger partial charge is 0.311 e. The standard InChI is InChI=1S/C18H18N4O4S2/c23-18(22-9-5-2-6-10-22)17-20-19-16(26-17)13-11-15(27-12-13)28(24,25)21-14-7-3-1-4-8-14/h1,3-4,7-8,11-12,21H,2,5-6,9-10H2. The molecule has 4 rings (SSSR count). The van der Waals surface area contributed by atoms with Gasteiger partial charge in [-0.1, -0.05) is 18.2 Å². The molecular formula is C18H18N4O4S2. The first-order valence-corrected chi connectivity index (χ1v) is 11.2. The third-order valence-corrected chi connectivity index (χ3v) is 7.19. The van der Waals surface area contributed by atoms with Gasteiger partial charge in [0.2, 0.25) is 5.89 Å². The summed E-state index contributed by atoms with van der Waals surface area (Å²) in [7, 11) is -3.72. The highest BCUT2D eigenvalue weighted by atomic mass is 32.2. The maximum Gasteiger partial charge on any atom is 0.311 e. The van der Waals surface area contributed by atoms with E-state index in [9.17, 15) is 13.2 Å². The Labute approximate surface area is 166 Å². The summed E-state index contributed by atoms with van der Waals surface area (Å²) in [6.07, 6.45) is 3.04. The summed E-state index contributed by atoms with van der Waals surface area (Å²) in [5.41, 5.74) is 0.938. The number of para-hydroxylation sites is 1. The van der Waals surface area contributed by atoms with Crippen molar-refractivity contribution in [1.82, 2.24) is 15.1 Å². The Morgan fingerprint density at radius 1 is 1.11 bits per heavy atom. The summed E-state index contributed by atoms with van der Waals surface area (Å²) >= 11 is 1.04. The minimum Gasteiger partial charge on any atom is -0.412 e. The van der Waals surface area contributed by atoms with Gasteiger partial charge in [0.25, 0.3) is 10.0 Å². The van der Waals surface area contributed by atoms with Crippen LogP contribution in [0.1, 0.15) is 29.9 Å². The molecule has 1 saturated heterocycles. The fourth-order valence-electron chi connectivity index (χ4n) is 2.94.